The van der Waals surface area contributed by atoms with E-state index in [4.69, 9.17) is 4.74 Å². The molecule has 0 aliphatic carbocycles. The van der Waals surface area contributed by atoms with E-state index < -0.39 is 12.0 Å². The zero-order valence-electron chi connectivity index (χ0n) is 13.4. The van der Waals surface area contributed by atoms with E-state index in [0.29, 0.717) is 12.1 Å². The highest BCUT2D eigenvalue weighted by molar-refractivity contribution is 5.99. The van der Waals surface area contributed by atoms with Gasteiger partial charge in [-0.3, -0.25) is 4.79 Å². The van der Waals surface area contributed by atoms with Crippen molar-refractivity contribution in [2.45, 2.75) is 33.2 Å². The van der Waals surface area contributed by atoms with Crippen LogP contribution in [0.2, 0.25) is 0 Å². The first-order valence-electron chi connectivity index (χ1n) is 7.38. The Morgan fingerprint density at radius 1 is 1.27 bits per heavy atom. The number of carbonyl (C=O) groups is 2. The standard InChI is InChI=1S/C17H22N2O3/c1-10(2)7-15(17(21)22-4)19-16(20)14-9-12-8-11(3)5-6-13(12)18-14/h5-6,8-10,15,18H,7H2,1-4H3,(H,19,20)/t15-/m0/s1. The minimum atomic E-state index is -0.634. The van der Waals surface area contributed by atoms with Gasteiger partial charge in [-0.25, -0.2) is 4.79 Å². The van der Waals surface area contributed by atoms with Gasteiger partial charge in [-0.1, -0.05) is 25.5 Å². The summed E-state index contributed by atoms with van der Waals surface area (Å²) in [6.45, 7) is 5.99. The topological polar surface area (TPSA) is 71.2 Å². The number of hydrogen-bond donors (Lipinski definition) is 2. The molecule has 2 rings (SSSR count). The Morgan fingerprint density at radius 3 is 2.64 bits per heavy atom. The van der Waals surface area contributed by atoms with Gasteiger partial charge in [0.25, 0.3) is 5.91 Å². The van der Waals surface area contributed by atoms with Crippen LogP contribution in [0.25, 0.3) is 10.9 Å². The van der Waals surface area contributed by atoms with Crippen LogP contribution < -0.4 is 5.32 Å². The summed E-state index contributed by atoms with van der Waals surface area (Å²) >= 11 is 0. The number of methoxy groups -OCH3 is 1. The van der Waals surface area contributed by atoms with E-state index in [1.54, 1.807) is 6.07 Å². The molecule has 0 radical (unpaired) electrons. The van der Waals surface area contributed by atoms with Crippen molar-refractivity contribution in [3.8, 4) is 0 Å². The van der Waals surface area contributed by atoms with E-state index in [-0.39, 0.29) is 11.8 Å². The maximum absolute atomic E-state index is 12.4. The summed E-state index contributed by atoms with van der Waals surface area (Å²) in [4.78, 5) is 27.2. The lowest BCUT2D eigenvalue weighted by Crippen LogP contribution is -2.42. The molecule has 22 heavy (non-hydrogen) atoms. The summed E-state index contributed by atoms with van der Waals surface area (Å²) in [6.07, 6.45) is 0.539. The van der Waals surface area contributed by atoms with Crippen LogP contribution in [0.15, 0.2) is 24.3 Å². The van der Waals surface area contributed by atoms with E-state index in [2.05, 4.69) is 10.3 Å². The minimum absolute atomic E-state index is 0.273. The van der Waals surface area contributed by atoms with Crippen LogP contribution in [0, 0.1) is 12.8 Å². The molecule has 0 fully saturated rings. The molecule has 0 spiro atoms. The van der Waals surface area contributed by atoms with Gasteiger partial charge < -0.3 is 15.0 Å². The number of fused-ring (bicyclic) bond motifs is 1. The van der Waals surface area contributed by atoms with Crippen molar-refractivity contribution in [1.29, 1.82) is 0 Å². The first kappa shape index (κ1) is 16.1. The Bertz CT molecular complexity index is 688. The predicted octanol–water partition coefficient (Wildman–Crippen LogP) is 2.79. The molecule has 0 unspecified atom stereocenters. The third-order valence-electron chi connectivity index (χ3n) is 3.52. The fourth-order valence-electron chi connectivity index (χ4n) is 2.44. The second-order valence-corrected chi connectivity index (χ2v) is 5.95. The fourth-order valence-corrected chi connectivity index (χ4v) is 2.44. The monoisotopic (exact) mass is 302 g/mol. The van der Waals surface area contributed by atoms with Crippen LogP contribution in [0.4, 0.5) is 0 Å². The largest absolute Gasteiger partial charge is 0.467 e. The number of esters is 1. The van der Waals surface area contributed by atoms with Gasteiger partial charge in [0, 0.05) is 10.9 Å². The lowest BCUT2D eigenvalue weighted by atomic mass is 10.0. The SMILES string of the molecule is COC(=O)[C@H](CC(C)C)NC(=O)c1cc2cc(C)ccc2[nH]1. The number of aromatic nitrogens is 1. The molecule has 0 aliphatic heterocycles. The lowest BCUT2D eigenvalue weighted by Gasteiger charge is -2.17. The number of aromatic amines is 1. The Labute approximate surface area is 130 Å². The number of aryl methyl sites for hydroxylation is 1. The molecular weight excluding hydrogens is 280 g/mol. The quantitative estimate of drug-likeness (QED) is 0.834. The smallest absolute Gasteiger partial charge is 0.328 e. The number of nitrogens with one attached hydrogen (secondary N) is 2. The van der Waals surface area contributed by atoms with E-state index >= 15 is 0 Å². The van der Waals surface area contributed by atoms with Crippen LogP contribution in [-0.2, 0) is 9.53 Å². The molecule has 0 bridgehead atoms. The van der Waals surface area contributed by atoms with Gasteiger partial charge in [-0.2, -0.15) is 0 Å². The normalized spacial score (nSPS) is 12.4. The van der Waals surface area contributed by atoms with Crippen LogP contribution in [0.1, 0.15) is 36.3 Å². The zero-order valence-corrected chi connectivity index (χ0v) is 13.4. The Morgan fingerprint density at radius 2 is 2.00 bits per heavy atom. The number of benzene rings is 1. The van der Waals surface area contributed by atoms with E-state index in [0.717, 1.165) is 16.5 Å². The van der Waals surface area contributed by atoms with Gasteiger partial charge >= 0.3 is 5.97 Å². The van der Waals surface area contributed by atoms with Crippen LogP contribution >= 0.6 is 0 Å². The average Bonchev–Trinajstić information content (AvgIpc) is 2.88. The summed E-state index contributed by atoms with van der Waals surface area (Å²) in [5.41, 5.74) is 2.47. The first-order chi connectivity index (χ1) is 10.4. The highest BCUT2D eigenvalue weighted by Gasteiger charge is 2.23. The highest BCUT2D eigenvalue weighted by atomic mass is 16.5. The molecule has 0 aliphatic rings. The lowest BCUT2D eigenvalue weighted by molar-refractivity contribution is -0.143. The van der Waals surface area contributed by atoms with Crippen molar-refractivity contribution in [1.82, 2.24) is 10.3 Å². The second-order valence-electron chi connectivity index (χ2n) is 5.95. The first-order valence-corrected chi connectivity index (χ1v) is 7.38. The van der Waals surface area contributed by atoms with Crippen molar-refractivity contribution < 1.29 is 14.3 Å². The van der Waals surface area contributed by atoms with E-state index in [9.17, 15) is 9.59 Å². The molecule has 2 N–H and O–H groups in total. The third-order valence-corrected chi connectivity index (χ3v) is 3.52. The Hall–Kier alpha value is -2.30. The van der Waals surface area contributed by atoms with Crippen LogP contribution in [0.3, 0.4) is 0 Å². The second kappa shape index (κ2) is 6.64. The highest BCUT2D eigenvalue weighted by Crippen LogP contribution is 2.17. The van der Waals surface area contributed by atoms with Gasteiger partial charge in [0.2, 0.25) is 0 Å². The maximum atomic E-state index is 12.4. The molecule has 1 aromatic carbocycles. The van der Waals surface area contributed by atoms with Crippen LogP contribution in [0.5, 0.6) is 0 Å². The number of H-pyrrole nitrogens is 1. The number of hydrogen-bond acceptors (Lipinski definition) is 3. The van der Waals surface area contributed by atoms with Gasteiger partial charge in [0.05, 0.1) is 7.11 Å². The Balaban J connectivity index is 2.19. The summed E-state index contributed by atoms with van der Waals surface area (Å²) in [7, 11) is 1.33. The molecule has 1 atom stereocenters. The van der Waals surface area contributed by atoms with Crippen molar-refractivity contribution >= 4 is 22.8 Å². The predicted molar refractivity (Wildman–Crippen MR) is 85.8 cm³/mol. The maximum Gasteiger partial charge on any atom is 0.328 e. The molecule has 0 saturated heterocycles. The van der Waals surface area contributed by atoms with Crippen molar-refractivity contribution in [2.24, 2.45) is 5.92 Å². The molecule has 0 saturated carbocycles. The number of carbonyl (C=O) groups excluding carboxylic acids is 2. The van der Waals surface area contributed by atoms with Gasteiger partial charge in [-0.15, -0.1) is 0 Å². The number of amides is 1. The Kier molecular flexibility index (Phi) is 4.85. The van der Waals surface area contributed by atoms with Gasteiger partial charge in [0.1, 0.15) is 11.7 Å². The molecule has 118 valence electrons. The fraction of sp³-hybridized carbons (Fsp3) is 0.412. The molecule has 5 nitrogen and oxygen atoms in total. The molecule has 5 heteroatoms. The minimum Gasteiger partial charge on any atom is -0.467 e. The van der Waals surface area contributed by atoms with Gasteiger partial charge in [-0.05, 0) is 37.5 Å². The van der Waals surface area contributed by atoms with E-state index in [1.165, 1.54) is 7.11 Å². The summed E-state index contributed by atoms with van der Waals surface area (Å²) in [5, 5.41) is 3.72. The molecule has 1 amide bonds. The van der Waals surface area contributed by atoms with Crippen LogP contribution in [-0.4, -0.2) is 30.0 Å². The van der Waals surface area contributed by atoms with Crippen molar-refractivity contribution in [2.75, 3.05) is 7.11 Å². The summed E-state index contributed by atoms with van der Waals surface area (Å²) < 4.78 is 4.76. The van der Waals surface area contributed by atoms with E-state index in [1.807, 2.05) is 39.0 Å². The molecule has 1 heterocycles. The zero-order chi connectivity index (χ0) is 16.3. The number of rotatable bonds is 5. The third kappa shape index (κ3) is 3.67. The molecular formula is C17H22N2O3. The average molecular weight is 302 g/mol. The number of ether oxygens (including phenoxy) is 1. The summed E-state index contributed by atoms with van der Waals surface area (Å²) in [5.74, 6) is -0.450. The summed E-state index contributed by atoms with van der Waals surface area (Å²) in [6, 6.07) is 7.09. The molecule has 2 aromatic rings. The van der Waals surface area contributed by atoms with Crippen molar-refractivity contribution in [3.05, 3.63) is 35.5 Å². The van der Waals surface area contributed by atoms with Gasteiger partial charge in [0.15, 0.2) is 0 Å². The van der Waals surface area contributed by atoms with Crippen molar-refractivity contribution in [3.63, 3.8) is 0 Å². The molecule has 1 aromatic heterocycles.